The number of nitrogens with zero attached hydrogens (tertiary/aromatic N) is 1. The number of anilines is 2. The summed E-state index contributed by atoms with van der Waals surface area (Å²) in [6.45, 7) is 9.06. The monoisotopic (exact) mass is 491 g/mol. The first-order valence-electron chi connectivity index (χ1n) is 11.1. The molecule has 0 bridgehead atoms. The molecule has 0 saturated heterocycles. The standard InChI is InChI=1S/C27H29N3O4S/c1-5-16-28-27(32)24-8-6-7-9-25(24)29-26(31)18-30(22-13-12-20(3)21(4)17-22)35(33,34)23-14-10-19(2)11-15-23/h5-15,17H,1,16,18H2,2-4H3,(H,28,32)(H,29,31). The van der Waals surface area contributed by atoms with Gasteiger partial charge in [-0.3, -0.25) is 13.9 Å². The number of carbonyl (C=O) groups is 2. The zero-order valence-corrected chi connectivity index (χ0v) is 20.9. The molecule has 0 aliphatic heterocycles. The fourth-order valence-corrected chi connectivity index (χ4v) is 4.82. The van der Waals surface area contributed by atoms with Gasteiger partial charge in [-0.05, 0) is 68.3 Å². The number of benzene rings is 3. The lowest BCUT2D eigenvalue weighted by atomic mass is 10.1. The number of para-hydroxylation sites is 1. The highest BCUT2D eigenvalue weighted by Crippen LogP contribution is 2.26. The van der Waals surface area contributed by atoms with E-state index in [-0.39, 0.29) is 28.6 Å². The Balaban J connectivity index is 1.95. The highest BCUT2D eigenvalue weighted by molar-refractivity contribution is 7.92. The zero-order chi connectivity index (χ0) is 25.6. The second-order valence-electron chi connectivity index (χ2n) is 8.19. The summed E-state index contributed by atoms with van der Waals surface area (Å²) in [7, 11) is -4.04. The number of hydrogen-bond acceptors (Lipinski definition) is 4. The third kappa shape index (κ3) is 6.16. The fourth-order valence-electron chi connectivity index (χ4n) is 3.40. The Morgan fingerprint density at radius 2 is 1.63 bits per heavy atom. The molecule has 0 aromatic heterocycles. The summed E-state index contributed by atoms with van der Waals surface area (Å²) in [5.41, 5.74) is 3.75. The van der Waals surface area contributed by atoms with Crippen LogP contribution in [-0.4, -0.2) is 33.3 Å². The van der Waals surface area contributed by atoms with E-state index < -0.39 is 22.5 Å². The average Bonchev–Trinajstić information content (AvgIpc) is 2.83. The van der Waals surface area contributed by atoms with Gasteiger partial charge in [-0.2, -0.15) is 0 Å². The molecule has 0 aliphatic carbocycles. The molecule has 0 heterocycles. The van der Waals surface area contributed by atoms with Gasteiger partial charge in [-0.25, -0.2) is 8.42 Å². The van der Waals surface area contributed by atoms with E-state index in [0.717, 1.165) is 21.0 Å². The number of hydrogen-bond donors (Lipinski definition) is 2. The highest BCUT2D eigenvalue weighted by atomic mass is 32.2. The first-order chi connectivity index (χ1) is 16.6. The highest BCUT2D eigenvalue weighted by Gasteiger charge is 2.28. The van der Waals surface area contributed by atoms with E-state index in [1.807, 2.05) is 26.8 Å². The van der Waals surface area contributed by atoms with Gasteiger partial charge in [0.25, 0.3) is 15.9 Å². The molecule has 2 N–H and O–H groups in total. The van der Waals surface area contributed by atoms with Crippen molar-refractivity contribution in [2.24, 2.45) is 0 Å². The summed E-state index contributed by atoms with van der Waals surface area (Å²) < 4.78 is 28.3. The van der Waals surface area contributed by atoms with Crippen LogP contribution >= 0.6 is 0 Å². The van der Waals surface area contributed by atoms with Crippen LogP contribution < -0.4 is 14.9 Å². The molecule has 0 fully saturated rings. The van der Waals surface area contributed by atoms with Gasteiger partial charge in [0.05, 0.1) is 21.8 Å². The smallest absolute Gasteiger partial charge is 0.264 e. The molecule has 3 rings (SSSR count). The molecule has 3 aromatic rings. The van der Waals surface area contributed by atoms with Crippen LogP contribution in [0.3, 0.4) is 0 Å². The van der Waals surface area contributed by atoms with Crippen molar-refractivity contribution >= 4 is 33.2 Å². The van der Waals surface area contributed by atoms with Gasteiger partial charge < -0.3 is 10.6 Å². The van der Waals surface area contributed by atoms with E-state index in [0.29, 0.717) is 5.69 Å². The summed E-state index contributed by atoms with van der Waals surface area (Å²) in [5.74, 6) is -0.957. The first-order valence-corrected chi connectivity index (χ1v) is 12.5. The minimum atomic E-state index is -4.04. The quantitative estimate of drug-likeness (QED) is 0.435. The largest absolute Gasteiger partial charge is 0.349 e. The van der Waals surface area contributed by atoms with Crippen LogP contribution in [0.25, 0.3) is 0 Å². The van der Waals surface area contributed by atoms with Gasteiger partial charge in [0.2, 0.25) is 5.91 Å². The minimum absolute atomic E-state index is 0.0818. The maximum Gasteiger partial charge on any atom is 0.264 e. The van der Waals surface area contributed by atoms with Crippen molar-refractivity contribution in [3.8, 4) is 0 Å². The average molecular weight is 492 g/mol. The van der Waals surface area contributed by atoms with E-state index in [9.17, 15) is 18.0 Å². The third-order valence-corrected chi connectivity index (χ3v) is 7.32. The van der Waals surface area contributed by atoms with Crippen molar-refractivity contribution in [2.45, 2.75) is 25.7 Å². The molecule has 2 amide bonds. The fraction of sp³-hybridized carbons (Fsp3) is 0.185. The van der Waals surface area contributed by atoms with E-state index in [1.165, 1.54) is 12.1 Å². The number of amides is 2. The van der Waals surface area contributed by atoms with Gasteiger partial charge in [0.15, 0.2) is 0 Å². The summed E-state index contributed by atoms with van der Waals surface area (Å²) >= 11 is 0. The van der Waals surface area contributed by atoms with Gasteiger partial charge >= 0.3 is 0 Å². The van der Waals surface area contributed by atoms with Crippen molar-refractivity contribution in [1.82, 2.24) is 5.32 Å². The van der Waals surface area contributed by atoms with E-state index in [2.05, 4.69) is 17.2 Å². The predicted molar refractivity (Wildman–Crippen MR) is 139 cm³/mol. The number of aryl methyl sites for hydroxylation is 3. The molecule has 8 heteroatoms. The molecule has 35 heavy (non-hydrogen) atoms. The van der Waals surface area contributed by atoms with Gasteiger partial charge in [0, 0.05) is 6.54 Å². The van der Waals surface area contributed by atoms with E-state index in [1.54, 1.807) is 54.6 Å². The first kappa shape index (κ1) is 25.7. The molecule has 3 aromatic carbocycles. The summed E-state index contributed by atoms with van der Waals surface area (Å²) in [4.78, 5) is 25.7. The molecular formula is C27H29N3O4S. The van der Waals surface area contributed by atoms with Crippen molar-refractivity contribution < 1.29 is 18.0 Å². The van der Waals surface area contributed by atoms with Gasteiger partial charge in [-0.15, -0.1) is 6.58 Å². The maximum atomic E-state index is 13.6. The Kier molecular flexibility index (Phi) is 8.09. The Morgan fingerprint density at radius 1 is 0.943 bits per heavy atom. The number of sulfonamides is 1. The van der Waals surface area contributed by atoms with Gasteiger partial charge in [-0.1, -0.05) is 42.0 Å². The Bertz CT molecular complexity index is 1350. The van der Waals surface area contributed by atoms with Crippen LogP contribution in [0.2, 0.25) is 0 Å². The lowest BCUT2D eigenvalue weighted by Gasteiger charge is -2.25. The lowest BCUT2D eigenvalue weighted by molar-refractivity contribution is -0.114. The predicted octanol–water partition coefficient (Wildman–Crippen LogP) is 4.36. The molecule has 0 saturated carbocycles. The van der Waals surface area contributed by atoms with Crippen LogP contribution in [0.4, 0.5) is 11.4 Å². The maximum absolute atomic E-state index is 13.6. The van der Waals surface area contributed by atoms with E-state index >= 15 is 0 Å². The normalized spacial score (nSPS) is 10.9. The lowest BCUT2D eigenvalue weighted by Crippen LogP contribution is -2.38. The molecule has 0 radical (unpaired) electrons. The van der Waals surface area contributed by atoms with Crippen LogP contribution in [0.5, 0.6) is 0 Å². The summed E-state index contributed by atoms with van der Waals surface area (Å²) in [6, 6.07) is 18.3. The molecule has 7 nitrogen and oxygen atoms in total. The molecule has 182 valence electrons. The van der Waals surface area contributed by atoms with Crippen LogP contribution in [0.15, 0.2) is 84.3 Å². The molecule has 0 aliphatic rings. The van der Waals surface area contributed by atoms with Crippen LogP contribution in [0.1, 0.15) is 27.0 Å². The topological polar surface area (TPSA) is 95.6 Å². The number of nitrogens with one attached hydrogen (secondary N) is 2. The van der Waals surface area contributed by atoms with Crippen molar-refractivity contribution in [2.75, 3.05) is 22.7 Å². The second-order valence-corrected chi connectivity index (χ2v) is 10.0. The summed E-state index contributed by atoms with van der Waals surface area (Å²) in [5, 5.41) is 5.37. The molecule has 0 spiro atoms. The second kappa shape index (κ2) is 11.0. The zero-order valence-electron chi connectivity index (χ0n) is 20.0. The Hall–Kier alpha value is -3.91. The third-order valence-electron chi connectivity index (χ3n) is 5.53. The summed E-state index contributed by atoms with van der Waals surface area (Å²) in [6.07, 6.45) is 1.55. The Morgan fingerprint density at radius 3 is 2.29 bits per heavy atom. The molecule has 0 atom stereocenters. The SMILES string of the molecule is C=CCNC(=O)c1ccccc1NC(=O)CN(c1ccc(C)c(C)c1)S(=O)(=O)c1ccc(C)cc1. The molecular weight excluding hydrogens is 462 g/mol. The van der Waals surface area contributed by atoms with Crippen LogP contribution in [-0.2, 0) is 14.8 Å². The number of carbonyl (C=O) groups excluding carboxylic acids is 2. The van der Waals surface area contributed by atoms with E-state index in [4.69, 9.17) is 0 Å². The van der Waals surface area contributed by atoms with Crippen molar-refractivity contribution in [3.63, 3.8) is 0 Å². The Labute approximate surface area is 206 Å². The van der Waals surface area contributed by atoms with Crippen molar-refractivity contribution in [1.29, 1.82) is 0 Å². The van der Waals surface area contributed by atoms with Gasteiger partial charge in [0.1, 0.15) is 6.54 Å². The van der Waals surface area contributed by atoms with Crippen molar-refractivity contribution in [3.05, 3.63) is 102 Å². The molecule has 0 unspecified atom stereocenters. The van der Waals surface area contributed by atoms with Crippen LogP contribution in [0, 0.1) is 20.8 Å². The minimum Gasteiger partial charge on any atom is -0.349 e. The number of rotatable bonds is 9.